The largest absolute Gasteiger partial charge is 0.462 e. The number of amides is 1. The van der Waals surface area contributed by atoms with Crippen molar-refractivity contribution in [2.45, 2.75) is 6.92 Å². The van der Waals surface area contributed by atoms with Crippen LogP contribution in [0.4, 0.5) is 18.9 Å². The lowest BCUT2D eigenvalue weighted by molar-refractivity contribution is 0.0521. The summed E-state index contributed by atoms with van der Waals surface area (Å²) in [5.41, 5.74) is -1.72. The summed E-state index contributed by atoms with van der Waals surface area (Å²) in [6.07, 6.45) is 0. The third kappa shape index (κ3) is 3.52. The number of nitrogens with one attached hydrogen (secondary N) is 1. The molecule has 0 fully saturated rings. The minimum atomic E-state index is -1.29. The van der Waals surface area contributed by atoms with Crippen LogP contribution in [0.25, 0.3) is 0 Å². The van der Waals surface area contributed by atoms with Crippen LogP contribution in [0.2, 0.25) is 0 Å². The first-order valence-corrected chi connectivity index (χ1v) is 6.94. The number of carbonyl (C=O) groups excluding carboxylic acids is 2. The second-order valence-corrected chi connectivity index (χ2v) is 4.84. The number of anilines is 1. The summed E-state index contributed by atoms with van der Waals surface area (Å²) in [5.74, 6) is -5.40. The van der Waals surface area contributed by atoms with Crippen molar-refractivity contribution in [1.29, 1.82) is 0 Å². The van der Waals surface area contributed by atoms with E-state index in [0.29, 0.717) is 0 Å². The third-order valence-electron chi connectivity index (χ3n) is 2.70. The van der Waals surface area contributed by atoms with E-state index in [-0.39, 0.29) is 12.3 Å². The highest BCUT2D eigenvalue weighted by atomic mass is 79.9. The number of esters is 1. The molecule has 0 spiro atoms. The average molecular weight is 392 g/mol. The molecule has 0 aliphatic heterocycles. The predicted molar refractivity (Wildman–Crippen MR) is 76.8 cm³/mol. The lowest BCUT2D eigenvalue weighted by Crippen LogP contribution is -2.18. The maximum absolute atomic E-state index is 14.2. The first-order chi connectivity index (χ1) is 10.8. The first kappa shape index (κ1) is 17.0. The van der Waals surface area contributed by atoms with Crippen molar-refractivity contribution in [2.24, 2.45) is 0 Å². The van der Waals surface area contributed by atoms with E-state index in [0.717, 1.165) is 21.9 Å². The quantitative estimate of drug-likeness (QED) is 0.813. The fraction of sp³-hybridized carbons (Fsp3) is 0.154. The molecule has 23 heavy (non-hydrogen) atoms. The molecule has 0 saturated carbocycles. The Morgan fingerprint density at radius 3 is 2.61 bits per heavy atom. The van der Waals surface area contributed by atoms with E-state index in [9.17, 15) is 22.8 Å². The Morgan fingerprint density at radius 1 is 1.35 bits per heavy atom. The molecule has 1 heterocycles. The van der Waals surface area contributed by atoms with E-state index < -0.39 is 40.7 Å². The van der Waals surface area contributed by atoms with Gasteiger partial charge in [-0.2, -0.15) is 8.10 Å². The highest BCUT2D eigenvalue weighted by molar-refractivity contribution is 9.08. The molecular formula is C13H9BrF3N3O3. The number of carbonyl (C=O) groups is 2. The van der Waals surface area contributed by atoms with E-state index in [1.54, 1.807) is 0 Å². The summed E-state index contributed by atoms with van der Waals surface area (Å²) in [7, 11) is 0. The van der Waals surface area contributed by atoms with Crippen LogP contribution in [0.3, 0.4) is 0 Å². The zero-order valence-corrected chi connectivity index (χ0v) is 13.2. The maximum atomic E-state index is 14.2. The van der Waals surface area contributed by atoms with Gasteiger partial charge in [0.2, 0.25) is 5.95 Å². The number of nitrogens with zero attached hydrogens (tertiary/aromatic N) is 2. The van der Waals surface area contributed by atoms with Crippen LogP contribution in [-0.4, -0.2) is 27.3 Å². The van der Waals surface area contributed by atoms with Crippen molar-refractivity contribution in [1.82, 2.24) is 8.81 Å². The molecule has 0 aliphatic rings. The van der Waals surface area contributed by atoms with Gasteiger partial charge in [-0.1, -0.05) is 0 Å². The SMILES string of the molecule is CCOC(=O)c1ccc(F)c(NC(=O)c2cc(F)nn2Br)c1F. The summed E-state index contributed by atoms with van der Waals surface area (Å²) in [4.78, 5) is 23.5. The minimum absolute atomic E-state index is 0.000605. The smallest absolute Gasteiger partial charge is 0.341 e. The first-order valence-electron chi connectivity index (χ1n) is 6.23. The van der Waals surface area contributed by atoms with Gasteiger partial charge in [-0.25, -0.2) is 13.6 Å². The van der Waals surface area contributed by atoms with E-state index in [1.807, 2.05) is 5.32 Å². The summed E-state index contributed by atoms with van der Waals surface area (Å²) in [6.45, 7) is 1.52. The van der Waals surface area contributed by atoms with Gasteiger partial charge in [-0.3, -0.25) is 4.79 Å². The van der Waals surface area contributed by atoms with E-state index in [1.165, 1.54) is 6.92 Å². The Hall–Kier alpha value is -2.36. The molecule has 1 aromatic carbocycles. The summed E-state index contributed by atoms with van der Waals surface area (Å²) < 4.78 is 46.3. The highest BCUT2D eigenvalue weighted by Gasteiger charge is 2.23. The van der Waals surface area contributed by atoms with Gasteiger partial charge in [0.15, 0.2) is 5.82 Å². The molecule has 0 atom stereocenters. The average Bonchev–Trinajstić information content (AvgIpc) is 2.82. The summed E-state index contributed by atoms with van der Waals surface area (Å²) in [5, 5.41) is 5.17. The number of ether oxygens (including phenoxy) is 1. The Kier molecular flexibility index (Phi) is 5.04. The van der Waals surface area contributed by atoms with Crippen molar-refractivity contribution in [2.75, 3.05) is 11.9 Å². The van der Waals surface area contributed by atoms with Crippen LogP contribution in [0.5, 0.6) is 0 Å². The van der Waals surface area contributed by atoms with Crippen LogP contribution < -0.4 is 5.32 Å². The Labute approximate surface area is 136 Å². The molecule has 0 unspecified atom stereocenters. The monoisotopic (exact) mass is 391 g/mol. The maximum Gasteiger partial charge on any atom is 0.341 e. The zero-order chi connectivity index (χ0) is 17.1. The fourth-order valence-electron chi connectivity index (χ4n) is 1.69. The fourth-order valence-corrected chi connectivity index (χ4v) is 2.11. The topological polar surface area (TPSA) is 73.2 Å². The summed E-state index contributed by atoms with van der Waals surface area (Å²) >= 11 is 2.77. The molecular weight excluding hydrogens is 383 g/mol. The molecule has 0 aliphatic carbocycles. The van der Waals surface area contributed by atoms with Gasteiger partial charge in [0, 0.05) is 6.07 Å². The number of rotatable bonds is 4. The highest BCUT2D eigenvalue weighted by Crippen LogP contribution is 2.24. The van der Waals surface area contributed by atoms with Crippen LogP contribution in [0.15, 0.2) is 18.2 Å². The third-order valence-corrected chi connectivity index (χ3v) is 3.24. The molecule has 0 radical (unpaired) electrons. The molecule has 2 aromatic rings. The normalized spacial score (nSPS) is 10.5. The number of hydrogen-bond donors (Lipinski definition) is 1. The summed E-state index contributed by atoms with van der Waals surface area (Å²) in [6, 6.07) is 2.46. The van der Waals surface area contributed by atoms with Crippen molar-refractivity contribution in [3.8, 4) is 0 Å². The lowest BCUT2D eigenvalue weighted by Gasteiger charge is -2.10. The number of aromatic nitrogens is 2. The standard InChI is InChI=1S/C13H9BrF3N3O3/c1-2-23-13(22)6-3-4-7(15)11(10(6)17)18-12(21)8-5-9(16)19-20(8)14/h3-5H,2H2,1H3,(H,18,21). The van der Waals surface area contributed by atoms with Gasteiger partial charge in [0.1, 0.15) is 17.2 Å². The van der Waals surface area contributed by atoms with Gasteiger partial charge in [-0.05, 0) is 19.1 Å². The Morgan fingerprint density at radius 2 is 2.04 bits per heavy atom. The molecule has 1 N–H and O–H groups in total. The predicted octanol–water partition coefficient (Wildman–Crippen LogP) is 2.89. The lowest BCUT2D eigenvalue weighted by atomic mass is 10.1. The van der Waals surface area contributed by atoms with Gasteiger partial charge >= 0.3 is 5.97 Å². The van der Waals surface area contributed by atoms with Crippen LogP contribution in [0, 0.1) is 17.6 Å². The van der Waals surface area contributed by atoms with E-state index >= 15 is 0 Å². The Balaban J connectivity index is 2.36. The van der Waals surface area contributed by atoms with E-state index in [4.69, 9.17) is 0 Å². The molecule has 2 rings (SSSR count). The van der Waals surface area contributed by atoms with Gasteiger partial charge in [0.25, 0.3) is 5.91 Å². The van der Waals surface area contributed by atoms with Gasteiger partial charge in [-0.15, -0.1) is 5.10 Å². The van der Waals surface area contributed by atoms with Gasteiger partial charge in [0.05, 0.1) is 28.3 Å². The molecule has 1 amide bonds. The van der Waals surface area contributed by atoms with Crippen molar-refractivity contribution >= 4 is 33.7 Å². The second kappa shape index (κ2) is 6.82. The molecule has 1 aromatic heterocycles. The van der Waals surface area contributed by atoms with Crippen LogP contribution >= 0.6 is 16.1 Å². The second-order valence-electron chi connectivity index (χ2n) is 4.17. The van der Waals surface area contributed by atoms with E-state index in [2.05, 4.69) is 26.0 Å². The number of hydrogen-bond acceptors (Lipinski definition) is 4. The van der Waals surface area contributed by atoms with Crippen molar-refractivity contribution < 1.29 is 27.5 Å². The van der Waals surface area contributed by atoms with Crippen LogP contribution in [-0.2, 0) is 4.74 Å². The molecule has 10 heteroatoms. The van der Waals surface area contributed by atoms with Gasteiger partial charge < -0.3 is 10.1 Å². The van der Waals surface area contributed by atoms with Crippen molar-refractivity contribution in [3.63, 3.8) is 0 Å². The molecule has 6 nitrogen and oxygen atoms in total. The molecule has 122 valence electrons. The van der Waals surface area contributed by atoms with Crippen LogP contribution in [0.1, 0.15) is 27.8 Å². The molecule has 0 saturated heterocycles. The number of halogens is 4. The minimum Gasteiger partial charge on any atom is -0.462 e. The van der Waals surface area contributed by atoms with Crippen molar-refractivity contribution in [3.05, 3.63) is 47.0 Å². The molecule has 0 bridgehead atoms. The number of benzene rings is 1. The Bertz CT molecular complexity index is 779. The zero-order valence-electron chi connectivity index (χ0n) is 11.6.